The van der Waals surface area contributed by atoms with Crippen LogP contribution in [0.15, 0.2) is 0 Å². The number of ketones is 1. The molecule has 0 N–H and O–H groups in total. The Kier molecular flexibility index (Phi) is 4.08. The molecule has 0 bridgehead atoms. The molecule has 3 nitrogen and oxygen atoms in total. The van der Waals surface area contributed by atoms with E-state index in [0.29, 0.717) is 24.6 Å². The summed E-state index contributed by atoms with van der Waals surface area (Å²) in [6.07, 6.45) is 2.02. The highest BCUT2D eigenvalue weighted by Crippen LogP contribution is 2.20. The summed E-state index contributed by atoms with van der Waals surface area (Å²) in [6, 6.07) is 0.797. The summed E-state index contributed by atoms with van der Waals surface area (Å²) in [7, 11) is 2.09. The van der Waals surface area contributed by atoms with Crippen molar-refractivity contribution in [1.82, 2.24) is 4.90 Å². The van der Waals surface area contributed by atoms with Crippen LogP contribution in [-0.2, 0) is 9.53 Å². The van der Waals surface area contributed by atoms with E-state index in [1.165, 1.54) is 0 Å². The molecule has 3 unspecified atom stereocenters. The van der Waals surface area contributed by atoms with Gasteiger partial charge in [-0.05, 0) is 34.2 Å². The van der Waals surface area contributed by atoms with Crippen LogP contribution in [0.25, 0.3) is 0 Å². The van der Waals surface area contributed by atoms with E-state index < -0.39 is 0 Å². The van der Waals surface area contributed by atoms with Crippen molar-refractivity contribution in [3.05, 3.63) is 0 Å². The van der Waals surface area contributed by atoms with Gasteiger partial charge in [0.1, 0.15) is 5.78 Å². The van der Waals surface area contributed by atoms with Gasteiger partial charge in [-0.15, -0.1) is 0 Å². The van der Waals surface area contributed by atoms with E-state index in [0.717, 1.165) is 13.0 Å². The van der Waals surface area contributed by atoms with Crippen LogP contribution in [0, 0.1) is 0 Å². The number of hydrogen-bond acceptors (Lipinski definition) is 3. The largest absolute Gasteiger partial charge is 0.377 e. The third-order valence-electron chi connectivity index (χ3n) is 3.14. The Hall–Kier alpha value is -0.410. The summed E-state index contributed by atoms with van der Waals surface area (Å²) in [5, 5.41) is 0. The first-order chi connectivity index (χ1) is 6.52. The predicted molar refractivity (Wildman–Crippen MR) is 56.3 cm³/mol. The standard InChI is InChI=1S/C11H21NO2/c1-8(7-9(2)13)12(4)11-5-6-14-10(11)3/h8,10-11H,5-7H2,1-4H3. The van der Waals surface area contributed by atoms with E-state index in [9.17, 15) is 4.79 Å². The van der Waals surface area contributed by atoms with Crippen LogP contribution < -0.4 is 0 Å². The number of carbonyl (C=O) groups is 1. The molecule has 3 atom stereocenters. The molecule has 0 aromatic rings. The van der Waals surface area contributed by atoms with Gasteiger partial charge in [0.2, 0.25) is 0 Å². The Morgan fingerprint density at radius 2 is 2.29 bits per heavy atom. The summed E-state index contributed by atoms with van der Waals surface area (Å²) in [4.78, 5) is 13.3. The highest BCUT2D eigenvalue weighted by Gasteiger charge is 2.30. The lowest BCUT2D eigenvalue weighted by Gasteiger charge is -2.31. The minimum Gasteiger partial charge on any atom is -0.377 e. The molecule has 1 rings (SSSR count). The molecule has 1 fully saturated rings. The van der Waals surface area contributed by atoms with E-state index in [-0.39, 0.29) is 5.78 Å². The minimum atomic E-state index is 0.260. The Labute approximate surface area is 86.4 Å². The number of Topliss-reactive ketones (excluding diaryl/α,β-unsaturated/α-hetero) is 1. The maximum Gasteiger partial charge on any atom is 0.131 e. The molecule has 0 radical (unpaired) electrons. The van der Waals surface area contributed by atoms with Crippen LogP contribution >= 0.6 is 0 Å². The fourth-order valence-corrected chi connectivity index (χ4v) is 2.14. The van der Waals surface area contributed by atoms with Crippen molar-refractivity contribution >= 4 is 5.78 Å². The fourth-order valence-electron chi connectivity index (χ4n) is 2.14. The molecular weight excluding hydrogens is 178 g/mol. The zero-order valence-corrected chi connectivity index (χ0v) is 9.62. The van der Waals surface area contributed by atoms with Crippen molar-refractivity contribution in [3.63, 3.8) is 0 Å². The van der Waals surface area contributed by atoms with Crippen molar-refractivity contribution in [3.8, 4) is 0 Å². The third kappa shape index (κ3) is 2.79. The average Bonchev–Trinajstić information content (AvgIpc) is 2.48. The van der Waals surface area contributed by atoms with Crippen molar-refractivity contribution in [1.29, 1.82) is 0 Å². The molecular formula is C11H21NO2. The van der Waals surface area contributed by atoms with Crippen molar-refractivity contribution in [2.45, 2.75) is 51.8 Å². The second-order valence-electron chi connectivity index (χ2n) is 4.35. The van der Waals surface area contributed by atoms with Crippen LogP contribution in [0.2, 0.25) is 0 Å². The van der Waals surface area contributed by atoms with Gasteiger partial charge in [-0.2, -0.15) is 0 Å². The van der Waals surface area contributed by atoms with Gasteiger partial charge in [-0.1, -0.05) is 0 Å². The quantitative estimate of drug-likeness (QED) is 0.686. The SMILES string of the molecule is CC(=O)CC(C)N(C)C1CCOC1C. The fraction of sp³-hybridized carbons (Fsp3) is 0.909. The van der Waals surface area contributed by atoms with Gasteiger partial charge in [0, 0.05) is 25.1 Å². The zero-order valence-electron chi connectivity index (χ0n) is 9.62. The number of likely N-dealkylation sites (N-methyl/N-ethyl adjacent to an activating group) is 1. The molecule has 3 heteroatoms. The number of rotatable bonds is 4. The Morgan fingerprint density at radius 3 is 2.71 bits per heavy atom. The molecule has 1 aliphatic heterocycles. The van der Waals surface area contributed by atoms with Crippen LogP contribution in [0.1, 0.15) is 33.6 Å². The van der Waals surface area contributed by atoms with Crippen LogP contribution in [0.5, 0.6) is 0 Å². The van der Waals surface area contributed by atoms with Gasteiger partial charge < -0.3 is 4.74 Å². The first-order valence-electron chi connectivity index (χ1n) is 5.35. The van der Waals surface area contributed by atoms with Crippen LogP contribution in [-0.4, -0.2) is 42.5 Å². The van der Waals surface area contributed by atoms with Crippen molar-refractivity contribution in [2.24, 2.45) is 0 Å². The first kappa shape index (κ1) is 11.7. The van der Waals surface area contributed by atoms with Gasteiger partial charge in [0.15, 0.2) is 0 Å². The molecule has 0 aromatic heterocycles. The molecule has 0 aliphatic carbocycles. The summed E-state index contributed by atoms with van der Waals surface area (Å²) < 4.78 is 5.52. The number of hydrogen-bond donors (Lipinski definition) is 0. The topological polar surface area (TPSA) is 29.5 Å². The van der Waals surface area contributed by atoms with Crippen LogP contribution in [0.4, 0.5) is 0 Å². The molecule has 0 spiro atoms. The molecule has 0 amide bonds. The van der Waals surface area contributed by atoms with Crippen LogP contribution in [0.3, 0.4) is 0 Å². The molecule has 1 aliphatic rings. The first-order valence-corrected chi connectivity index (χ1v) is 5.35. The predicted octanol–water partition coefficient (Wildman–Crippen LogP) is 1.46. The van der Waals surface area contributed by atoms with Gasteiger partial charge in [-0.25, -0.2) is 0 Å². The van der Waals surface area contributed by atoms with E-state index >= 15 is 0 Å². The van der Waals surface area contributed by atoms with Crippen molar-refractivity contribution < 1.29 is 9.53 Å². The Bertz CT molecular complexity index is 205. The zero-order chi connectivity index (χ0) is 10.7. The summed E-state index contributed by atoms with van der Waals surface area (Å²) in [6.45, 7) is 6.71. The minimum absolute atomic E-state index is 0.260. The second-order valence-corrected chi connectivity index (χ2v) is 4.35. The third-order valence-corrected chi connectivity index (χ3v) is 3.14. The molecule has 14 heavy (non-hydrogen) atoms. The molecule has 0 aromatic carbocycles. The second kappa shape index (κ2) is 4.89. The lowest BCUT2D eigenvalue weighted by Crippen LogP contribution is -2.43. The van der Waals surface area contributed by atoms with Gasteiger partial charge in [-0.3, -0.25) is 9.69 Å². The maximum atomic E-state index is 11.0. The maximum absolute atomic E-state index is 11.0. The monoisotopic (exact) mass is 199 g/mol. The summed E-state index contributed by atoms with van der Waals surface area (Å²) in [5.41, 5.74) is 0. The molecule has 1 saturated heterocycles. The van der Waals surface area contributed by atoms with E-state index in [1.807, 2.05) is 0 Å². The average molecular weight is 199 g/mol. The van der Waals surface area contributed by atoms with E-state index in [1.54, 1.807) is 6.92 Å². The highest BCUT2D eigenvalue weighted by atomic mass is 16.5. The van der Waals surface area contributed by atoms with E-state index in [2.05, 4.69) is 25.8 Å². The molecule has 0 saturated carbocycles. The number of nitrogens with zero attached hydrogens (tertiary/aromatic N) is 1. The highest BCUT2D eigenvalue weighted by molar-refractivity contribution is 5.76. The number of carbonyl (C=O) groups excluding carboxylic acids is 1. The Balaban J connectivity index is 2.46. The Morgan fingerprint density at radius 1 is 1.64 bits per heavy atom. The lowest BCUT2D eigenvalue weighted by molar-refractivity contribution is -0.118. The molecule has 1 heterocycles. The molecule has 82 valence electrons. The van der Waals surface area contributed by atoms with Gasteiger partial charge in [0.25, 0.3) is 0 Å². The van der Waals surface area contributed by atoms with Gasteiger partial charge in [0.05, 0.1) is 6.10 Å². The lowest BCUT2D eigenvalue weighted by atomic mass is 10.1. The summed E-state index contributed by atoms with van der Waals surface area (Å²) in [5.74, 6) is 0.260. The normalized spacial score (nSPS) is 29.5. The smallest absolute Gasteiger partial charge is 0.131 e. The van der Waals surface area contributed by atoms with Crippen molar-refractivity contribution in [2.75, 3.05) is 13.7 Å². The van der Waals surface area contributed by atoms with E-state index in [4.69, 9.17) is 4.74 Å². The van der Waals surface area contributed by atoms with Gasteiger partial charge >= 0.3 is 0 Å². The summed E-state index contributed by atoms with van der Waals surface area (Å²) >= 11 is 0. The number of ether oxygens (including phenoxy) is 1.